The van der Waals surface area contributed by atoms with Gasteiger partial charge in [0.15, 0.2) is 0 Å². The Hall–Kier alpha value is -1.52. The molecule has 0 aromatic carbocycles. The first-order chi connectivity index (χ1) is 6.49. The number of ether oxygens (including phenoxy) is 1. The lowest BCUT2D eigenvalue weighted by molar-refractivity contribution is -0.146. The van der Waals surface area contributed by atoms with Gasteiger partial charge in [-0.2, -0.15) is 5.10 Å². The summed E-state index contributed by atoms with van der Waals surface area (Å²) >= 11 is 0. The van der Waals surface area contributed by atoms with Crippen molar-refractivity contribution >= 4 is 11.8 Å². The summed E-state index contributed by atoms with van der Waals surface area (Å²) in [6.07, 6.45) is -0.189. The van der Waals surface area contributed by atoms with E-state index < -0.39 is 0 Å². The van der Waals surface area contributed by atoms with Crippen molar-refractivity contribution in [1.29, 1.82) is 0 Å². The Balaban J connectivity index is 2.59. The zero-order chi connectivity index (χ0) is 10.7. The molecule has 1 rings (SSSR count). The first-order valence-corrected chi connectivity index (χ1v) is 4.46. The second-order valence-electron chi connectivity index (χ2n) is 3.31. The molecular weight excluding hydrogens is 182 g/mol. The summed E-state index contributed by atoms with van der Waals surface area (Å²) < 4.78 is 6.70. The molecule has 0 aliphatic heterocycles. The summed E-state index contributed by atoms with van der Waals surface area (Å²) in [6, 6.07) is 1.78. The van der Waals surface area contributed by atoms with Gasteiger partial charge in [-0.15, -0.1) is 0 Å². The van der Waals surface area contributed by atoms with Crippen molar-refractivity contribution in [3.63, 3.8) is 0 Å². The second-order valence-corrected chi connectivity index (χ2v) is 3.31. The molecule has 0 aliphatic carbocycles. The Kier molecular flexibility index (Phi) is 3.11. The highest BCUT2D eigenvalue weighted by Gasteiger charge is 2.09. The number of aromatic nitrogens is 2. The highest BCUT2D eigenvalue weighted by Crippen LogP contribution is 2.06. The average molecular weight is 197 g/mol. The number of carbonyl (C=O) groups excluding carboxylic acids is 1. The summed E-state index contributed by atoms with van der Waals surface area (Å²) in [5, 5.41) is 4.06. The van der Waals surface area contributed by atoms with E-state index in [2.05, 4.69) is 5.10 Å². The monoisotopic (exact) mass is 197 g/mol. The Labute approximate surface area is 82.8 Å². The predicted octanol–water partition coefficient (Wildman–Crippen LogP) is 0.725. The number of nitrogens with two attached hydrogens (primary N) is 1. The molecule has 78 valence electrons. The lowest BCUT2D eigenvalue weighted by atomic mass is 10.4. The van der Waals surface area contributed by atoms with Crippen molar-refractivity contribution in [2.75, 3.05) is 5.73 Å². The molecule has 0 saturated heterocycles. The van der Waals surface area contributed by atoms with E-state index >= 15 is 0 Å². The lowest BCUT2D eigenvalue weighted by Gasteiger charge is -2.12. The van der Waals surface area contributed by atoms with Gasteiger partial charge in [0.1, 0.15) is 11.9 Å². The van der Waals surface area contributed by atoms with E-state index in [0.717, 1.165) is 5.69 Å². The van der Waals surface area contributed by atoms with Crippen LogP contribution < -0.4 is 5.73 Å². The molecule has 0 saturated carbocycles. The number of aryl methyl sites for hydroxylation is 1. The van der Waals surface area contributed by atoms with Gasteiger partial charge in [0.25, 0.3) is 0 Å². The van der Waals surface area contributed by atoms with Crippen LogP contribution in [0, 0.1) is 6.92 Å². The van der Waals surface area contributed by atoms with Crippen molar-refractivity contribution in [1.82, 2.24) is 9.78 Å². The fraction of sp³-hybridized carbons (Fsp3) is 0.556. The van der Waals surface area contributed by atoms with Crippen molar-refractivity contribution < 1.29 is 9.53 Å². The zero-order valence-corrected chi connectivity index (χ0v) is 8.65. The summed E-state index contributed by atoms with van der Waals surface area (Å²) in [5.74, 6) is 0.202. The van der Waals surface area contributed by atoms with Gasteiger partial charge in [0, 0.05) is 18.7 Å². The van der Waals surface area contributed by atoms with Gasteiger partial charge in [-0.1, -0.05) is 0 Å². The van der Waals surface area contributed by atoms with E-state index in [1.54, 1.807) is 10.7 Å². The van der Waals surface area contributed by atoms with Gasteiger partial charge in [-0.25, -0.2) is 0 Å². The molecule has 1 aromatic rings. The van der Waals surface area contributed by atoms with Crippen molar-refractivity contribution in [3.8, 4) is 0 Å². The molecule has 1 heterocycles. The molecule has 0 bridgehead atoms. The van der Waals surface area contributed by atoms with Crippen molar-refractivity contribution in [3.05, 3.63) is 11.8 Å². The van der Waals surface area contributed by atoms with Crippen molar-refractivity contribution in [2.24, 2.45) is 0 Å². The van der Waals surface area contributed by atoms with Crippen LogP contribution in [-0.4, -0.2) is 21.9 Å². The topological polar surface area (TPSA) is 70.1 Å². The molecule has 2 N–H and O–H groups in total. The minimum absolute atomic E-state index is 0.189. The van der Waals surface area contributed by atoms with E-state index in [4.69, 9.17) is 10.5 Å². The average Bonchev–Trinajstić information content (AvgIpc) is 2.28. The third-order valence-electron chi connectivity index (χ3n) is 1.80. The third kappa shape index (κ3) is 2.76. The zero-order valence-electron chi connectivity index (χ0n) is 8.65. The molecule has 0 amide bonds. The molecular formula is C9H15N3O2. The molecule has 0 spiro atoms. The quantitative estimate of drug-likeness (QED) is 0.725. The van der Waals surface area contributed by atoms with Crippen LogP contribution in [0.25, 0.3) is 0 Å². The molecule has 0 fully saturated rings. The third-order valence-corrected chi connectivity index (χ3v) is 1.80. The van der Waals surface area contributed by atoms with E-state index in [1.165, 1.54) is 6.92 Å². The Morgan fingerprint density at radius 1 is 1.79 bits per heavy atom. The molecule has 5 heteroatoms. The Morgan fingerprint density at radius 3 is 2.86 bits per heavy atom. The minimum atomic E-state index is -0.282. The lowest BCUT2D eigenvalue weighted by Crippen LogP contribution is -2.20. The summed E-state index contributed by atoms with van der Waals surface area (Å²) in [6.45, 7) is 5.64. The van der Waals surface area contributed by atoms with Crippen LogP contribution in [0.4, 0.5) is 5.82 Å². The fourth-order valence-corrected chi connectivity index (χ4v) is 1.28. The maximum Gasteiger partial charge on any atom is 0.302 e. The molecule has 1 atom stereocenters. The highest BCUT2D eigenvalue weighted by molar-refractivity contribution is 5.66. The van der Waals surface area contributed by atoms with Gasteiger partial charge in [0.2, 0.25) is 0 Å². The largest absolute Gasteiger partial charge is 0.461 e. The van der Waals surface area contributed by atoms with Crippen LogP contribution in [-0.2, 0) is 16.1 Å². The minimum Gasteiger partial charge on any atom is -0.461 e. The number of nitrogen functional groups attached to an aromatic ring is 1. The number of anilines is 1. The highest BCUT2D eigenvalue weighted by atomic mass is 16.5. The molecule has 0 aliphatic rings. The van der Waals surface area contributed by atoms with Crippen LogP contribution in [0.1, 0.15) is 19.5 Å². The van der Waals surface area contributed by atoms with E-state index in [-0.39, 0.29) is 12.1 Å². The predicted molar refractivity (Wildman–Crippen MR) is 52.6 cm³/mol. The molecule has 1 aromatic heterocycles. The van der Waals surface area contributed by atoms with Gasteiger partial charge < -0.3 is 10.5 Å². The smallest absolute Gasteiger partial charge is 0.302 e. The molecule has 5 nitrogen and oxygen atoms in total. The van der Waals surface area contributed by atoms with E-state index in [9.17, 15) is 4.79 Å². The summed E-state index contributed by atoms with van der Waals surface area (Å²) in [5.41, 5.74) is 6.48. The molecule has 1 unspecified atom stereocenters. The normalized spacial score (nSPS) is 12.5. The molecule has 0 radical (unpaired) electrons. The maximum absolute atomic E-state index is 10.7. The maximum atomic E-state index is 10.7. The van der Waals surface area contributed by atoms with Gasteiger partial charge in [-0.3, -0.25) is 9.48 Å². The van der Waals surface area contributed by atoms with Gasteiger partial charge in [0.05, 0.1) is 6.54 Å². The van der Waals surface area contributed by atoms with Crippen molar-refractivity contribution in [2.45, 2.75) is 33.4 Å². The van der Waals surface area contributed by atoms with Crippen LogP contribution in [0.2, 0.25) is 0 Å². The number of hydrogen-bond donors (Lipinski definition) is 1. The molecule has 14 heavy (non-hydrogen) atoms. The van der Waals surface area contributed by atoms with Crippen LogP contribution in [0.5, 0.6) is 0 Å². The van der Waals surface area contributed by atoms with Crippen LogP contribution in [0.15, 0.2) is 6.07 Å². The number of hydrogen-bond acceptors (Lipinski definition) is 4. The number of carbonyl (C=O) groups is 1. The van der Waals surface area contributed by atoms with E-state index in [1.807, 2.05) is 13.8 Å². The SMILES string of the molecule is CC(=O)OC(C)Cn1nc(N)cc1C. The standard InChI is InChI=1S/C9H15N3O2/c1-6-4-9(10)11-12(6)5-7(2)14-8(3)13/h4,7H,5H2,1-3H3,(H2,10,11). The van der Waals surface area contributed by atoms with Crippen LogP contribution >= 0.6 is 0 Å². The van der Waals surface area contributed by atoms with Gasteiger partial charge >= 0.3 is 5.97 Å². The first kappa shape index (κ1) is 10.6. The van der Waals surface area contributed by atoms with E-state index in [0.29, 0.717) is 12.4 Å². The first-order valence-electron chi connectivity index (χ1n) is 4.46. The number of nitrogens with zero attached hydrogens (tertiary/aromatic N) is 2. The Morgan fingerprint density at radius 2 is 2.43 bits per heavy atom. The van der Waals surface area contributed by atoms with Gasteiger partial charge in [-0.05, 0) is 13.8 Å². The fourth-order valence-electron chi connectivity index (χ4n) is 1.28. The Bertz CT molecular complexity index is 333. The second kappa shape index (κ2) is 4.13. The summed E-state index contributed by atoms with van der Waals surface area (Å²) in [7, 11) is 0. The number of rotatable bonds is 3. The van der Waals surface area contributed by atoms with Crippen LogP contribution in [0.3, 0.4) is 0 Å². The summed E-state index contributed by atoms with van der Waals surface area (Å²) in [4.78, 5) is 10.7. The number of esters is 1.